The van der Waals surface area contributed by atoms with Gasteiger partial charge in [0.1, 0.15) is 0 Å². The molecule has 0 saturated heterocycles. The molecule has 16 heavy (non-hydrogen) atoms. The van der Waals surface area contributed by atoms with Crippen molar-refractivity contribution in [3.05, 3.63) is 30.1 Å². The summed E-state index contributed by atoms with van der Waals surface area (Å²) in [5.41, 5.74) is 1.26. The molecule has 2 unspecified atom stereocenters. The fraction of sp³-hybridized carbons (Fsp3) is 0.615. The van der Waals surface area contributed by atoms with Gasteiger partial charge in [0.05, 0.1) is 0 Å². The van der Waals surface area contributed by atoms with Crippen molar-refractivity contribution in [1.82, 2.24) is 10.3 Å². The van der Waals surface area contributed by atoms with E-state index >= 15 is 0 Å². The number of aliphatic hydroxyl groups is 1. The molecule has 2 atom stereocenters. The number of nitrogens with one attached hydrogen (secondary N) is 1. The summed E-state index contributed by atoms with van der Waals surface area (Å²) in [6.45, 7) is 3.28. The van der Waals surface area contributed by atoms with Crippen LogP contribution in [-0.4, -0.2) is 22.7 Å². The molecule has 1 aromatic rings. The molecule has 88 valence electrons. The van der Waals surface area contributed by atoms with Crippen molar-refractivity contribution in [2.75, 3.05) is 6.61 Å². The lowest BCUT2D eigenvalue weighted by molar-refractivity contribution is 0.118. The monoisotopic (exact) mass is 220 g/mol. The average Bonchev–Trinajstić information content (AvgIpc) is 2.70. The molecule has 1 heterocycles. The topological polar surface area (TPSA) is 45.1 Å². The van der Waals surface area contributed by atoms with Crippen LogP contribution < -0.4 is 5.32 Å². The summed E-state index contributed by atoms with van der Waals surface area (Å²) < 4.78 is 0. The first-order valence-electron chi connectivity index (χ1n) is 5.98. The molecule has 1 aromatic heterocycles. The highest BCUT2D eigenvalue weighted by Gasteiger charge is 2.37. The van der Waals surface area contributed by atoms with Gasteiger partial charge in [-0.25, -0.2) is 0 Å². The van der Waals surface area contributed by atoms with Gasteiger partial charge in [0.2, 0.25) is 0 Å². The quantitative estimate of drug-likeness (QED) is 0.812. The van der Waals surface area contributed by atoms with Crippen LogP contribution in [0.3, 0.4) is 0 Å². The summed E-state index contributed by atoms with van der Waals surface area (Å²) in [6.07, 6.45) is 7.17. The van der Waals surface area contributed by atoms with Crippen molar-refractivity contribution in [3.63, 3.8) is 0 Å². The Morgan fingerprint density at radius 3 is 3.19 bits per heavy atom. The molecular weight excluding hydrogens is 200 g/mol. The van der Waals surface area contributed by atoms with E-state index in [1.807, 2.05) is 12.3 Å². The second-order valence-corrected chi connectivity index (χ2v) is 5.00. The van der Waals surface area contributed by atoms with Crippen molar-refractivity contribution < 1.29 is 5.11 Å². The number of aromatic nitrogens is 1. The second kappa shape index (κ2) is 4.93. The van der Waals surface area contributed by atoms with Gasteiger partial charge in [-0.2, -0.15) is 0 Å². The van der Waals surface area contributed by atoms with E-state index in [2.05, 4.69) is 23.3 Å². The van der Waals surface area contributed by atoms with Crippen LogP contribution in [0, 0.1) is 5.41 Å². The minimum atomic E-state index is 0.0577. The first-order valence-corrected chi connectivity index (χ1v) is 5.98. The third-order valence-electron chi connectivity index (χ3n) is 3.72. The Bertz CT molecular complexity index is 328. The third kappa shape index (κ3) is 2.42. The van der Waals surface area contributed by atoms with Gasteiger partial charge in [-0.05, 0) is 24.5 Å². The number of aliphatic hydroxyl groups excluding tert-OH is 1. The SMILES string of the molecule is CC1(CO)CCCC1NCc1cccnc1. The van der Waals surface area contributed by atoms with Crippen molar-refractivity contribution in [2.45, 2.75) is 38.8 Å². The molecule has 2 rings (SSSR count). The molecule has 3 nitrogen and oxygen atoms in total. The summed E-state index contributed by atoms with van der Waals surface area (Å²) >= 11 is 0. The molecule has 0 spiro atoms. The van der Waals surface area contributed by atoms with Crippen LogP contribution in [0.15, 0.2) is 24.5 Å². The molecule has 0 amide bonds. The zero-order chi connectivity index (χ0) is 11.4. The predicted octanol–water partition coefficient (Wildman–Crippen LogP) is 1.72. The van der Waals surface area contributed by atoms with E-state index in [1.165, 1.54) is 12.0 Å². The minimum Gasteiger partial charge on any atom is -0.396 e. The van der Waals surface area contributed by atoms with Crippen LogP contribution in [0.25, 0.3) is 0 Å². The molecule has 0 radical (unpaired) electrons. The molecule has 1 saturated carbocycles. The minimum absolute atomic E-state index is 0.0577. The van der Waals surface area contributed by atoms with Crippen molar-refractivity contribution in [1.29, 1.82) is 0 Å². The lowest BCUT2D eigenvalue weighted by Gasteiger charge is -2.30. The van der Waals surface area contributed by atoms with Crippen molar-refractivity contribution in [3.8, 4) is 0 Å². The average molecular weight is 220 g/mol. The van der Waals surface area contributed by atoms with Crippen LogP contribution >= 0.6 is 0 Å². The predicted molar refractivity (Wildman–Crippen MR) is 63.9 cm³/mol. The van der Waals surface area contributed by atoms with E-state index in [4.69, 9.17) is 0 Å². The van der Waals surface area contributed by atoms with Gasteiger partial charge in [0.15, 0.2) is 0 Å². The van der Waals surface area contributed by atoms with Gasteiger partial charge in [-0.15, -0.1) is 0 Å². The van der Waals surface area contributed by atoms with Crippen LogP contribution in [0.4, 0.5) is 0 Å². The van der Waals surface area contributed by atoms with Crippen LogP contribution in [0.5, 0.6) is 0 Å². The molecule has 0 aliphatic heterocycles. The second-order valence-electron chi connectivity index (χ2n) is 5.00. The highest BCUT2D eigenvalue weighted by Crippen LogP contribution is 2.37. The van der Waals surface area contributed by atoms with Crippen LogP contribution in [-0.2, 0) is 6.54 Å². The summed E-state index contributed by atoms with van der Waals surface area (Å²) in [5, 5.41) is 13.0. The summed E-state index contributed by atoms with van der Waals surface area (Å²) in [4.78, 5) is 4.10. The maximum Gasteiger partial charge on any atom is 0.0499 e. The summed E-state index contributed by atoms with van der Waals surface area (Å²) in [6, 6.07) is 4.46. The number of hydrogen-bond acceptors (Lipinski definition) is 3. The zero-order valence-electron chi connectivity index (χ0n) is 9.82. The zero-order valence-corrected chi connectivity index (χ0v) is 9.82. The van der Waals surface area contributed by atoms with E-state index in [-0.39, 0.29) is 12.0 Å². The largest absolute Gasteiger partial charge is 0.396 e. The van der Waals surface area contributed by atoms with E-state index in [0.29, 0.717) is 6.04 Å². The van der Waals surface area contributed by atoms with Crippen molar-refractivity contribution in [2.24, 2.45) is 5.41 Å². The number of nitrogens with zero attached hydrogens (tertiary/aromatic N) is 1. The van der Waals surface area contributed by atoms with Crippen LogP contribution in [0.1, 0.15) is 31.7 Å². The number of hydrogen-bond donors (Lipinski definition) is 2. The van der Waals surface area contributed by atoms with Gasteiger partial charge in [0, 0.05) is 37.0 Å². The lowest BCUT2D eigenvalue weighted by atomic mass is 9.86. The maximum atomic E-state index is 9.44. The Hall–Kier alpha value is -0.930. The first-order chi connectivity index (χ1) is 7.74. The van der Waals surface area contributed by atoms with Gasteiger partial charge in [-0.1, -0.05) is 19.4 Å². The van der Waals surface area contributed by atoms with E-state index in [0.717, 1.165) is 19.4 Å². The highest BCUT2D eigenvalue weighted by molar-refractivity contribution is 5.08. The molecule has 1 fully saturated rings. The van der Waals surface area contributed by atoms with Gasteiger partial charge in [0.25, 0.3) is 0 Å². The Kier molecular flexibility index (Phi) is 3.56. The normalized spacial score (nSPS) is 29.5. The van der Waals surface area contributed by atoms with E-state index < -0.39 is 0 Å². The summed E-state index contributed by atoms with van der Waals surface area (Å²) in [5.74, 6) is 0. The van der Waals surface area contributed by atoms with Crippen LogP contribution in [0.2, 0.25) is 0 Å². The first kappa shape index (κ1) is 11.6. The molecule has 1 aliphatic carbocycles. The Morgan fingerprint density at radius 2 is 2.50 bits per heavy atom. The third-order valence-corrected chi connectivity index (χ3v) is 3.72. The van der Waals surface area contributed by atoms with E-state index in [9.17, 15) is 5.11 Å². The molecule has 0 aromatic carbocycles. The van der Waals surface area contributed by atoms with E-state index in [1.54, 1.807) is 6.20 Å². The Labute approximate surface area is 96.9 Å². The fourth-order valence-corrected chi connectivity index (χ4v) is 2.51. The smallest absolute Gasteiger partial charge is 0.0499 e. The molecular formula is C13H20N2O. The fourth-order valence-electron chi connectivity index (χ4n) is 2.51. The highest BCUT2D eigenvalue weighted by atomic mass is 16.3. The number of rotatable bonds is 4. The number of pyridine rings is 1. The molecule has 2 N–H and O–H groups in total. The molecule has 3 heteroatoms. The standard InChI is InChI=1S/C13H20N2O/c1-13(10-16)6-2-5-12(13)15-9-11-4-3-7-14-8-11/h3-4,7-8,12,15-16H,2,5-6,9-10H2,1H3. The molecule has 0 bridgehead atoms. The summed E-state index contributed by atoms with van der Waals surface area (Å²) in [7, 11) is 0. The molecule has 1 aliphatic rings. The Morgan fingerprint density at radius 1 is 1.62 bits per heavy atom. The van der Waals surface area contributed by atoms with Gasteiger partial charge in [-0.3, -0.25) is 4.98 Å². The Balaban J connectivity index is 1.91. The lowest BCUT2D eigenvalue weighted by Crippen LogP contribution is -2.41. The van der Waals surface area contributed by atoms with Crippen molar-refractivity contribution >= 4 is 0 Å². The maximum absolute atomic E-state index is 9.44. The van der Waals surface area contributed by atoms with Gasteiger partial charge >= 0.3 is 0 Å². The van der Waals surface area contributed by atoms with Gasteiger partial charge < -0.3 is 10.4 Å².